The minimum atomic E-state index is -0.380. The van der Waals surface area contributed by atoms with Gasteiger partial charge in [0.2, 0.25) is 0 Å². The fourth-order valence-corrected chi connectivity index (χ4v) is 1.86. The largest absolute Gasteiger partial charge is 0.493 e. The number of benzene rings is 1. The van der Waals surface area contributed by atoms with Crippen LogP contribution in [0.5, 0.6) is 5.75 Å². The SMILES string of the molecule is OC1CCOc2cc(C#CC3CC3)ccc21. The molecule has 1 aromatic carbocycles. The van der Waals surface area contributed by atoms with Crippen LogP contribution in [0.1, 0.15) is 36.5 Å². The third-order valence-corrected chi connectivity index (χ3v) is 3.02. The van der Waals surface area contributed by atoms with E-state index < -0.39 is 0 Å². The van der Waals surface area contributed by atoms with E-state index in [4.69, 9.17) is 4.74 Å². The van der Waals surface area contributed by atoms with Gasteiger partial charge in [-0.1, -0.05) is 17.9 Å². The molecule has 1 N–H and O–H groups in total. The zero-order valence-electron chi connectivity index (χ0n) is 9.07. The number of fused-ring (bicyclic) bond motifs is 1. The Kier molecular flexibility index (Phi) is 2.34. The van der Waals surface area contributed by atoms with Crippen molar-refractivity contribution in [1.29, 1.82) is 0 Å². The highest BCUT2D eigenvalue weighted by Gasteiger charge is 2.19. The van der Waals surface area contributed by atoms with Crippen LogP contribution >= 0.6 is 0 Å². The molecule has 1 unspecified atom stereocenters. The number of aliphatic hydroxyl groups is 1. The first-order chi connectivity index (χ1) is 7.83. The summed E-state index contributed by atoms with van der Waals surface area (Å²) in [5.74, 6) is 7.79. The van der Waals surface area contributed by atoms with Crippen molar-refractivity contribution in [3.63, 3.8) is 0 Å². The normalized spacial score (nSPS) is 22.7. The van der Waals surface area contributed by atoms with Crippen molar-refractivity contribution >= 4 is 0 Å². The van der Waals surface area contributed by atoms with E-state index in [2.05, 4.69) is 11.8 Å². The van der Waals surface area contributed by atoms with Gasteiger partial charge in [-0.15, -0.1) is 0 Å². The summed E-state index contributed by atoms with van der Waals surface area (Å²) in [6.45, 7) is 0.591. The second-order valence-electron chi connectivity index (χ2n) is 4.45. The predicted octanol–water partition coefficient (Wildman–Crippen LogP) is 2.26. The molecule has 16 heavy (non-hydrogen) atoms. The van der Waals surface area contributed by atoms with E-state index >= 15 is 0 Å². The van der Waals surface area contributed by atoms with Gasteiger partial charge in [-0.05, 0) is 25.0 Å². The van der Waals surface area contributed by atoms with Crippen LogP contribution in [-0.2, 0) is 0 Å². The van der Waals surface area contributed by atoms with E-state index in [0.29, 0.717) is 18.9 Å². The minimum Gasteiger partial charge on any atom is -0.493 e. The molecule has 1 aliphatic carbocycles. The van der Waals surface area contributed by atoms with Gasteiger partial charge in [0.1, 0.15) is 5.75 Å². The zero-order chi connectivity index (χ0) is 11.0. The molecule has 2 heteroatoms. The second-order valence-corrected chi connectivity index (χ2v) is 4.45. The number of ether oxygens (including phenoxy) is 1. The number of hydrogen-bond acceptors (Lipinski definition) is 2. The summed E-state index contributed by atoms with van der Waals surface area (Å²) in [4.78, 5) is 0. The van der Waals surface area contributed by atoms with Crippen molar-refractivity contribution in [2.75, 3.05) is 6.61 Å². The molecule has 1 aromatic rings. The number of hydrogen-bond donors (Lipinski definition) is 1. The average Bonchev–Trinajstić information content (AvgIpc) is 3.10. The molecule has 2 nitrogen and oxygen atoms in total. The summed E-state index contributed by atoms with van der Waals surface area (Å²) in [6.07, 6.45) is 2.79. The summed E-state index contributed by atoms with van der Waals surface area (Å²) in [7, 11) is 0. The van der Waals surface area contributed by atoms with Crippen LogP contribution in [0, 0.1) is 17.8 Å². The van der Waals surface area contributed by atoms with Crippen LogP contribution in [-0.4, -0.2) is 11.7 Å². The van der Waals surface area contributed by atoms with Crippen molar-refractivity contribution in [2.45, 2.75) is 25.4 Å². The first-order valence-corrected chi connectivity index (χ1v) is 5.79. The Labute approximate surface area is 95.2 Å². The third-order valence-electron chi connectivity index (χ3n) is 3.02. The molecule has 2 aliphatic rings. The van der Waals surface area contributed by atoms with E-state index in [-0.39, 0.29) is 6.10 Å². The quantitative estimate of drug-likeness (QED) is 0.671. The topological polar surface area (TPSA) is 29.5 Å². The Bertz CT molecular complexity index is 463. The van der Waals surface area contributed by atoms with Gasteiger partial charge in [0, 0.05) is 23.5 Å². The third kappa shape index (κ3) is 1.91. The monoisotopic (exact) mass is 214 g/mol. The molecule has 0 aromatic heterocycles. The van der Waals surface area contributed by atoms with Gasteiger partial charge in [-0.3, -0.25) is 0 Å². The molecule has 1 saturated carbocycles. The molecule has 1 aliphatic heterocycles. The molecule has 82 valence electrons. The van der Waals surface area contributed by atoms with Crippen LogP contribution in [0.3, 0.4) is 0 Å². The van der Waals surface area contributed by atoms with Crippen molar-refractivity contribution in [3.05, 3.63) is 29.3 Å². The lowest BCUT2D eigenvalue weighted by atomic mass is 10.0. The smallest absolute Gasteiger partial charge is 0.126 e. The zero-order valence-corrected chi connectivity index (χ0v) is 9.07. The molecular formula is C14H14O2. The minimum absolute atomic E-state index is 0.380. The van der Waals surface area contributed by atoms with E-state index in [1.165, 1.54) is 12.8 Å². The molecule has 0 saturated heterocycles. The first kappa shape index (κ1) is 9.74. The van der Waals surface area contributed by atoms with E-state index in [9.17, 15) is 5.11 Å². The van der Waals surface area contributed by atoms with Gasteiger partial charge in [0.25, 0.3) is 0 Å². The molecule has 0 bridgehead atoms. The maximum absolute atomic E-state index is 9.76. The molecule has 3 rings (SSSR count). The van der Waals surface area contributed by atoms with E-state index in [1.54, 1.807) is 0 Å². The lowest BCUT2D eigenvalue weighted by molar-refractivity contribution is 0.115. The highest BCUT2D eigenvalue weighted by molar-refractivity contribution is 5.46. The molecule has 0 spiro atoms. The van der Waals surface area contributed by atoms with Crippen LogP contribution in [0.15, 0.2) is 18.2 Å². The van der Waals surface area contributed by atoms with Crippen molar-refractivity contribution in [2.24, 2.45) is 5.92 Å². The Hall–Kier alpha value is -1.46. The summed E-state index contributed by atoms with van der Waals surface area (Å²) >= 11 is 0. The lowest BCUT2D eigenvalue weighted by Crippen LogP contribution is -2.13. The van der Waals surface area contributed by atoms with E-state index in [1.807, 2.05) is 18.2 Å². The summed E-state index contributed by atoms with van der Waals surface area (Å²) in [6, 6.07) is 5.83. The van der Waals surface area contributed by atoms with Crippen LogP contribution in [0.25, 0.3) is 0 Å². The Morgan fingerprint density at radius 2 is 2.12 bits per heavy atom. The fraction of sp³-hybridized carbons (Fsp3) is 0.429. The van der Waals surface area contributed by atoms with Crippen molar-refractivity contribution in [1.82, 2.24) is 0 Å². The van der Waals surface area contributed by atoms with E-state index in [0.717, 1.165) is 16.9 Å². The average molecular weight is 214 g/mol. The van der Waals surface area contributed by atoms with Crippen molar-refractivity contribution in [3.8, 4) is 17.6 Å². The van der Waals surface area contributed by atoms with Gasteiger partial charge >= 0.3 is 0 Å². The second kappa shape index (κ2) is 3.84. The predicted molar refractivity (Wildman–Crippen MR) is 61.1 cm³/mol. The summed E-state index contributed by atoms with van der Waals surface area (Å²) < 4.78 is 5.53. The Morgan fingerprint density at radius 3 is 2.94 bits per heavy atom. The molecule has 0 radical (unpaired) electrons. The van der Waals surface area contributed by atoms with Crippen LogP contribution < -0.4 is 4.74 Å². The molecular weight excluding hydrogens is 200 g/mol. The standard InChI is InChI=1S/C14H14O2/c15-13-7-8-16-14-9-11(5-6-12(13)14)4-3-10-1-2-10/h5-6,9-10,13,15H,1-2,7-8H2. The van der Waals surface area contributed by atoms with Gasteiger partial charge in [-0.25, -0.2) is 0 Å². The van der Waals surface area contributed by atoms with Crippen LogP contribution in [0.2, 0.25) is 0 Å². The maximum atomic E-state index is 9.76. The van der Waals surface area contributed by atoms with Gasteiger partial charge in [0.05, 0.1) is 12.7 Å². The first-order valence-electron chi connectivity index (χ1n) is 5.79. The molecule has 1 atom stereocenters. The molecule has 1 heterocycles. The number of aliphatic hydroxyl groups excluding tert-OH is 1. The van der Waals surface area contributed by atoms with Crippen LogP contribution in [0.4, 0.5) is 0 Å². The van der Waals surface area contributed by atoms with Gasteiger partial charge in [-0.2, -0.15) is 0 Å². The number of rotatable bonds is 0. The Morgan fingerprint density at radius 1 is 1.25 bits per heavy atom. The highest BCUT2D eigenvalue weighted by Crippen LogP contribution is 2.32. The lowest BCUT2D eigenvalue weighted by Gasteiger charge is -2.21. The van der Waals surface area contributed by atoms with Crippen molar-refractivity contribution < 1.29 is 9.84 Å². The molecule has 0 amide bonds. The molecule has 1 fully saturated rings. The van der Waals surface area contributed by atoms with Gasteiger partial charge in [0.15, 0.2) is 0 Å². The Balaban J connectivity index is 1.89. The maximum Gasteiger partial charge on any atom is 0.126 e. The summed E-state index contributed by atoms with van der Waals surface area (Å²) in [5.41, 5.74) is 1.88. The fourth-order valence-electron chi connectivity index (χ4n) is 1.86. The summed E-state index contributed by atoms with van der Waals surface area (Å²) in [5, 5.41) is 9.76. The van der Waals surface area contributed by atoms with Gasteiger partial charge < -0.3 is 9.84 Å². The highest BCUT2D eigenvalue weighted by atomic mass is 16.5.